The van der Waals surface area contributed by atoms with Crippen LogP contribution in [0.3, 0.4) is 0 Å². The summed E-state index contributed by atoms with van der Waals surface area (Å²) < 4.78 is 5.72. The predicted octanol–water partition coefficient (Wildman–Crippen LogP) is 3.97. The van der Waals surface area contributed by atoms with Gasteiger partial charge in [-0.05, 0) is 57.3 Å². The summed E-state index contributed by atoms with van der Waals surface area (Å²) in [6.07, 6.45) is 8.15. The Morgan fingerprint density at radius 3 is 2.62 bits per heavy atom. The van der Waals surface area contributed by atoms with E-state index in [1.807, 2.05) is 6.92 Å². The highest BCUT2D eigenvalue weighted by Gasteiger charge is 2.32. The Bertz CT molecular complexity index is 407. The lowest BCUT2D eigenvalue weighted by Gasteiger charge is -2.40. The molecule has 0 unspecified atom stereocenters. The molecule has 1 heterocycles. The molecule has 1 aliphatic rings. The van der Waals surface area contributed by atoms with Gasteiger partial charge in [-0.25, -0.2) is 0 Å². The average molecular weight is 292 g/mol. The fourth-order valence-corrected chi connectivity index (χ4v) is 3.69. The normalized spacial score (nSPS) is 18.3. The quantitative estimate of drug-likeness (QED) is 0.735. The minimum absolute atomic E-state index is 0.462. The van der Waals surface area contributed by atoms with E-state index < -0.39 is 0 Å². The third-order valence-electron chi connectivity index (χ3n) is 4.67. The molecule has 0 spiro atoms. The zero-order valence-electron chi connectivity index (χ0n) is 14.1. The van der Waals surface area contributed by atoms with Crippen LogP contribution in [0, 0.1) is 12.3 Å². The van der Waals surface area contributed by atoms with Crippen molar-refractivity contribution in [2.75, 3.05) is 26.7 Å². The second kappa shape index (κ2) is 8.00. The van der Waals surface area contributed by atoms with E-state index in [-0.39, 0.29) is 0 Å². The van der Waals surface area contributed by atoms with Gasteiger partial charge < -0.3 is 9.73 Å². The van der Waals surface area contributed by atoms with E-state index in [1.165, 1.54) is 51.6 Å². The summed E-state index contributed by atoms with van der Waals surface area (Å²) in [5, 5.41) is 3.67. The molecule has 1 N–H and O–H groups in total. The summed E-state index contributed by atoms with van der Waals surface area (Å²) >= 11 is 0. The number of furan rings is 1. The molecule has 0 bridgehead atoms. The fourth-order valence-electron chi connectivity index (χ4n) is 3.69. The van der Waals surface area contributed by atoms with E-state index in [0.717, 1.165) is 24.6 Å². The molecule has 120 valence electrons. The Hall–Kier alpha value is -0.800. The highest BCUT2D eigenvalue weighted by Crippen LogP contribution is 2.36. The first-order chi connectivity index (χ1) is 10.1. The molecule has 0 radical (unpaired) electrons. The number of aryl methyl sites for hydroxylation is 1. The smallest absolute Gasteiger partial charge is 0.118 e. The average Bonchev–Trinajstić information content (AvgIpc) is 2.85. The van der Waals surface area contributed by atoms with Crippen molar-refractivity contribution in [3.63, 3.8) is 0 Å². The molecular weight excluding hydrogens is 260 g/mol. The van der Waals surface area contributed by atoms with Gasteiger partial charge in [-0.1, -0.05) is 26.2 Å². The number of hydrogen-bond acceptors (Lipinski definition) is 3. The molecule has 1 aliphatic carbocycles. The molecule has 1 fully saturated rings. The molecule has 3 heteroatoms. The van der Waals surface area contributed by atoms with Gasteiger partial charge in [0, 0.05) is 13.1 Å². The maximum atomic E-state index is 5.72. The van der Waals surface area contributed by atoms with E-state index in [4.69, 9.17) is 4.42 Å². The van der Waals surface area contributed by atoms with Gasteiger partial charge in [-0.2, -0.15) is 0 Å². The van der Waals surface area contributed by atoms with Gasteiger partial charge in [0.25, 0.3) is 0 Å². The lowest BCUT2D eigenvalue weighted by atomic mass is 9.73. The molecule has 0 saturated heterocycles. The Morgan fingerprint density at radius 2 is 2.00 bits per heavy atom. The minimum atomic E-state index is 0.462. The molecule has 0 atom stereocenters. The van der Waals surface area contributed by atoms with Gasteiger partial charge in [0.2, 0.25) is 0 Å². The molecule has 0 amide bonds. The molecule has 1 saturated carbocycles. The summed E-state index contributed by atoms with van der Waals surface area (Å²) in [5.74, 6) is 2.10. The molecular formula is C18H32N2O. The maximum absolute atomic E-state index is 5.72. The van der Waals surface area contributed by atoms with Gasteiger partial charge in [0.05, 0.1) is 6.54 Å². The van der Waals surface area contributed by atoms with Crippen molar-refractivity contribution < 1.29 is 4.42 Å². The van der Waals surface area contributed by atoms with Crippen LogP contribution in [0.5, 0.6) is 0 Å². The Morgan fingerprint density at radius 1 is 1.24 bits per heavy atom. The third-order valence-corrected chi connectivity index (χ3v) is 4.67. The predicted molar refractivity (Wildman–Crippen MR) is 88.5 cm³/mol. The standard InChI is InChI=1S/C18H32N2O/c1-4-12-19-14-18(10-6-5-7-11-18)15-20(3)13-17-9-8-16(2)21-17/h8-9,19H,4-7,10-15H2,1-3H3. The van der Waals surface area contributed by atoms with Crippen LogP contribution in [0.15, 0.2) is 16.5 Å². The number of nitrogens with one attached hydrogen (secondary N) is 1. The van der Waals surface area contributed by atoms with Crippen molar-refractivity contribution in [2.45, 2.75) is 58.9 Å². The van der Waals surface area contributed by atoms with Gasteiger partial charge in [0.15, 0.2) is 0 Å². The molecule has 0 aromatic carbocycles. The molecule has 1 aromatic rings. The van der Waals surface area contributed by atoms with E-state index in [0.29, 0.717) is 5.41 Å². The van der Waals surface area contributed by atoms with Crippen LogP contribution < -0.4 is 5.32 Å². The summed E-state index contributed by atoms with van der Waals surface area (Å²) in [7, 11) is 2.23. The molecule has 21 heavy (non-hydrogen) atoms. The first-order valence-corrected chi connectivity index (χ1v) is 8.58. The van der Waals surface area contributed by atoms with Crippen LogP contribution in [0.25, 0.3) is 0 Å². The largest absolute Gasteiger partial charge is 0.465 e. The lowest BCUT2D eigenvalue weighted by molar-refractivity contribution is 0.110. The Labute approximate surface area is 130 Å². The van der Waals surface area contributed by atoms with E-state index >= 15 is 0 Å². The molecule has 1 aromatic heterocycles. The van der Waals surface area contributed by atoms with Crippen molar-refractivity contribution in [1.29, 1.82) is 0 Å². The molecule has 2 rings (SSSR count). The highest BCUT2D eigenvalue weighted by atomic mass is 16.3. The number of nitrogens with zero attached hydrogens (tertiary/aromatic N) is 1. The summed E-state index contributed by atoms with van der Waals surface area (Å²) in [6.45, 7) is 8.66. The fraction of sp³-hybridized carbons (Fsp3) is 0.778. The van der Waals surface area contributed by atoms with Crippen molar-refractivity contribution in [2.24, 2.45) is 5.41 Å². The summed E-state index contributed by atoms with van der Waals surface area (Å²) in [4.78, 5) is 2.44. The third kappa shape index (κ3) is 5.15. The van der Waals surface area contributed by atoms with Gasteiger partial charge >= 0.3 is 0 Å². The van der Waals surface area contributed by atoms with Crippen molar-refractivity contribution in [3.8, 4) is 0 Å². The zero-order chi connectivity index (χ0) is 15.1. The van der Waals surface area contributed by atoms with Crippen molar-refractivity contribution >= 4 is 0 Å². The van der Waals surface area contributed by atoms with Gasteiger partial charge in [0.1, 0.15) is 11.5 Å². The van der Waals surface area contributed by atoms with Crippen LogP contribution in [0.1, 0.15) is 57.0 Å². The van der Waals surface area contributed by atoms with Crippen molar-refractivity contribution in [1.82, 2.24) is 10.2 Å². The monoisotopic (exact) mass is 292 g/mol. The van der Waals surface area contributed by atoms with Gasteiger partial charge in [-0.15, -0.1) is 0 Å². The SMILES string of the molecule is CCCNCC1(CN(C)Cc2ccc(C)o2)CCCCC1. The van der Waals surface area contributed by atoms with Crippen LogP contribution >= 0.6 is 0 Å². The minimum Gasteiger partial charge on any atom is -0.465 e. The summed E-state index contributed by atoms with van der Waals surface area (Å²) in [5.41, 5.74) is 0.462. The first kappa shape index (κ1) is 16.6. The Kier molecular flexibility index (Phi) is 6.31. The van der Waals surface area contributed by atoms with Crippen LogP contribution in [0.4, 0.5) is 0 Å². The van der Waals surface area contributed by atoms with Crippen LogP contribution in [0.2, 0.25) is 0 Å². The Balaban J connectivity index is 1.90. The van der Waals surface area contributed by atoms with E-state index in [2.05, 4.69) is 36.3 Å². The van der Waals surface area contributed by atoms with E-state index in [1.54, 1.807) is 0 Å². The van der Waals surface area contributed by atoms with E-state index in [9.17, 15) is 0 Å². The first-order valence-electron chi connectivity index (χ1n) is 8.58. The van der Waals surface area contributed by atoms with Gasteiger partial charge in [-0.3, -0.25) is 4.90 Å². The van der Waals surface area contributed by atoms with Crippen LogP contribution in [-0.4, -0.2) is 31.6 Å². The summed E-state index contributed by atoms with van der Waals surface area (Å²) in [6, 6.07) is 4.16. The van der Waals surface area contributed by atoms with Crippen molar-refractivity contribution in [3.05, 3.63) is 23.7 Å². The zero-order valence-corrected chi connectivity index (χ0v) is 14.1. The molecule has 0 aliphatic heterocycles. The molecule has 3 nitrogen and oxygen atoms in total. The number of hydrogen-bond donors (Lipinski definition) is 1. The number of rotatable bonds is 8. The highest BCUT2D eigenvalue weighted by molar-refractivity contribution is 5.05. The topological polar surface area (TPSA) is 28.4 Å². The second-order valence-corrected chi connectivity index (χ2v) is 6.92. The maximum Gasteiger partial charge on any atom is 0.118 e. The lowest BCUT2D eigenvalue weighted by Crippen LogP contribution is -2.44. The second-order valence-electron chi connectivity index (χ2n) is 6.92. The van der Waals surface area contributed by atoms with Crippen LogP contribution in [-0.2, 0) is 6.54 Å².